The van der Waals surface area contributed by atoms with Gasteiger partial charge in [0.2, 0.25) is 5.91 Å². The summed E-state index contributed by atoms with van der Waals surface area (Å²) in [6.07, 6.45) is 1.61. The third kappa shape index (κ3) is 4.31. The number of hydrogen-bond acceptors (Lipinski definition) is 5. The van der Waals surface area contributed by atoms with Crippen LogP contribution in [0.1, 0.15) is 34.0 Å². The summed E-state index contributed by atoms with van der Waals surface area (Å²) in [5.74, 6) is -0.108. The third-order valence-electron chi connectivity index (χ3n) is 6.41. The zero-order valence-corrected chi connectivity index (χ0v) is 20.3. The molecule has 0 saturated carbocycles. The molecular weight excluding hydrogens is 458 g/mol. The molecule has 0 aliphatic carbocycles. The molecular formula is C28H25N3O3S. The van der Waals surface area contributed by atoms with Gasteiger partial charge in [0.25, 0.3) is 5.56 Å². The molecule has 3 aromatic carbocycles. The van der Waals surface area contributed by atoms with Gasteiger partial charge < -0.3 is 10.4 Å². The van der Waals surface area contributed by atoms with Crippen LogP contribution < -0.4 is 10.9 Å². The van der Waals surface area contributed by atoms with Crippen molar-refractivity contribution in [1.82, 2.24) is 14.9 Å². The summed E-state index contributed by atoms with van der Waals surface area (Å²) in [7, 11) is 0. The van der Waals surface area contributed by atoms with Gasteiger partial charge in [0.15, 0.2) is 0 Å². The minimum atomic E-state index is -0.547. The minimum absolute atomic E-state index is 0.101. The number of aromatic hydroxyl groups is 1. The predicted molar refractivity (Wildman–Crippen MR) is 140 cm³/mol. The topological polar surface area (TPSA) is 84.2 Å². The van der Waals surface area contributed by atoms with Crippen molar-refractivity contribution in [1.29, 1.82) is 0 Å². The van der Waals surface area contributed by atoms with E-state index >= 15 is 0 Å². The standard InChI is InChI=1S/C28H25N3O3S/c1-17-18(2)35-27-24(17)28(34)31(16-29-27)15-14-23(33)30-26(20-9-4-3-5-10-20)25-21-11-7-6-8-19(21)12-13-22(25)32/h3-13,16,26,32H,14-15H2,1-2H3,(H,30,33). The number of carbonyl (C=O) groups is 1. The van der Waals surface area contributed by atoms with E-state index < -0.39 is 6.04 Å². The van der Waals surface area contributed by atoms with E-state index in [4.69, 9.17) is 0 Å². The van der Waals surface area contributed by atoms with Gasteiger partial charge in [0, 0.05) is 23.4 Å². The highest BCUT2D eigenvalue weighted by atomic mass is 32.1. The first kappa shape index (κ1) is 22.8. The van der Waals surface area contributed by atoms with E-state index in [1.54, 1.807) is 6.07 Å². The molecule has 2 N–H and O–H groups in total. The van der Waals surface area contributed by atoms with E-state index in [-0.39, 0.29) is 30.2 Å². The number of carbonyl (C=O) groups excluding carboxylic acids is 1. The highest BCUT2D eigenvalue weighted by Crippen LogP contribution is 2.36. The van der Waals surface area contributed by atoms with E-state index in [0.717, 1.165) is 31.6 Å². The van der Waals surface area contributed by atoms with Crippen LogP contribution in [0.2, 0.25) is 0 Å². The van der Waals surface area contributed by atoms with E-state index in [0.29, 0.717) is 10.9 Å². The Morgan fingerprint density at radius 2 is 1.80 bits per heavy atom. The van der Waals surface area contributed by atoms with Gasteiger partial charge in [-0.05, 0) is 41.8 Å². The Morgan fingerprint density at radius 1 is 1.06 bits per heavy atom. The Kier molecular flexibility index (Phi) is 6.09. The van der Waals surface area contributed by atoms with Crippen molar-refractivity contribution in [3.05, 3.63) is 105 Å². The number of nitrogens with zero attached hydrogens (tertiary/aromatic N) is 2. The number of rotatable bonds is 6. The van der Waals surface area contributed by atoms with Crippen molar-refractivity contribution in [2.45, 2.75) is 32.9 Å². The molecule has 176 valence electrons. The number of phenolic OH excluding ortho intramolecular Hbond substituents is 1. The van der Waals surface area contributed by atoms with Crippen LogP contribution in [0, 0.1) is 13.8 Å². The molecule has 0 radical (unpaired) electrons. The molecule has 2 aromatic heterocycles. The molecule has 2 heterocycles. The number of benzene rings is 3. The molecule has 1 unspecified atom stereocenters. The lowest BCUT2D eigenvalue weighted by Crippen LogP contribution is -2.31. The molecule has 1 atom stereocenters. The molecule has 5 rings (SSSR count). The van der Waals surface area contributed by atoms with Crippen LogP contribution >= 0.6 is 11.3 Å². The molecule has 7 heteroatoms. The Bertz CT molecular complexity index is 1610. The number of fused-ring (bicyclic) bond motifs is 2. The lowest BCUT2D eigenvalue weighted by Gasteiger charge is -2.23. The average Bonchev–Trinajstić information content (AvgIpc) is 3.17. The summed E-state index contributed by atoms with van der Waals surface area (Å²) >= 11 is 1.50. The SMILES string of the molecule is Cc1sc2ncn(CCC(=O)NC(c3ccccc3)c3c(O)ccc4ccccc34)c(=O)c2c1C. The molecule has 0 saturated heterocycles. The normalized spacial score (nSPS) is 12.2. The molecule has 1 amide bonds. The highest BCUT2D eigenvalue weighted by Gasteiger charge is 2.22. The second-order valence-corrected chi connectivity index (χ2v) is 9.79. The van der Waals surface area contributed by atoms with E-state index in [1.807, 2.05) is 74.5 Å². The maximum atomic E-state index is 13.1. The van der Waals surface area contributed by atoms with Gasteiger partial charge in [-0.15, -0.1) is 11.3 Å². The van der Waals surface area contributed by atoms with Crippen LogP contribution in [0.3, 0.4) is 0 Å². The lowest BCUT2D eigenvalue weighted by molar-refractivity contribution is -0.121. The summed E-state index contributed by atoms with van der Waals surface area (Å²) < 4.78 is 1.49. The van der Waals surface area contributed by atoms with Crippen LogP contribution in [0.25, 0.3) is 21.0 Å². The summed E-state index contributed by atoms with van der Waals surface area (Å²) in [5.41, 5.74) is 2.32. The fourth-order valence-electron chi connectivity index (χ4n) is 4.44. The van der Waals surface area contributed by atoms with Crippen molar-refractivity contribution >= 4 is 38.2 Å². The van der Waals surface area contributed by atoms with Crippen LogP contribution in [-0.2, 0) is 11.3 Å². The number of hydrogen-bond donors (Lipinski definition) is 2. The molecule has 6 nitrogen and oxygen atoms in total. The highest BCUT2D eigenvalue weighted by molar-refractivity contribution is 7.18. The summed E-state index contributed by atoms with van der Waals surface area (Å²) in [6.45, 7) is 4.12. The largest absolute Gasteiger partial charge is 0.508 e. The smallest absolute Gasteiger partial charge is 0.262 e. The molecule has 0 aliphatic rings. The Morgan fingerprint density at radius 3 is 2.60 bits per heavy atom. The Balaban J connectivity index is 1.45. The third-order valence-corrected chi connectivity index (χ3v) is 7.53. The first-order valence-electron chi connectivity index (χ1n) is 11.4. The molecule has 0 fully saturated rings. The van der Waals surface area contributed by atoms with Crippen molar-refractivity contribution in [2.24, 2.45) is 0 Å². The summed E-state index contributed by atoms with van der Waals surface area (Å²) in [4.78, 5) is 32.4. The Labute approximate surface area is 206 Å². The number of nitrogens with one attached hydrogen (secondary N) is 1. The van der Waals surface area contributed by atoms with Crippen LogP contribution in [-0.4, -0.2) is 20.6 Å². The van der Waals surface area contributed by atoms with Crippen molar-refractivity contribution < 1.29 is 9.90 Å². The molecule has 0 aliphatic heterocycles. The quantitative estimate of drug-likeness (QED) is 0.346. The van der Waals surface area contributed by atoms with Gasteiger partial charge in [-0.25, -0.2) is 4.98 Å². The van der Waals surface area contributed by atoms with Crippen LogP contribution in [0.4, 0.5) is 0 Å². The van der Waals surface area contributed by atoms with Gasteiger partial charge in [-0.3, -0.25) is 14.2 Å². The molecule has 0 bridgehead atoms. The van der Waals surface area contributed by atoms with E-state index in [9.17, 15) is 14.7 Å². The molecule has 0 spiro atoms. The van der Waals surface area contributed by atoms with Gasteiger partial charge in [0.05, 0.1) is 17.8 Å². The zero-order chi connectivity index (χ0) is 24.5. The average molecular weight is 484 g/mol. The van der Waals surface area contributed by atoms with Gasteiger partial charge in [-0.2, -0.15) is 0 Å². The van der Waals surface area contributed by atoms with Crippen LogP contribution in [0.5, 0.6) is 5.75 Å². The monoisotopic (exact) mass is 483 g/mol. The number of phenols is 1. The maximum Gasteiger partial charge on any atom is 0.262 e. The number of amides is 1. The minimum Gasteiger partial charge on any atom is -0.508 e. The zero-order valence-electron chi connectivity index (χ0n) is 19.5. The van der Waals surface area contributed by atoms with E-state index in [1.165, 1.54) is 22.2 Å². The first-order chi connectivity index (χ1) is 16.9. The van der Waals surface area contributed by atoms with Crippen molar-refractivity contribution in [3.8, 4) is 5.75 Å². The second-order valence-electron chi connectivity index (χ2n) is 8.59. The summed E-state index contributed by atoms with van der Waals surface area (Å²) in [5, 5.41) is 16.4. The number of aryl methyl sites for hydroxylation is 3. The van der Waals surface area contributed by atoms with Crippen molar-refractivity contribution in [2.75, 3.05) is 0 Å². The number of thiophene rings is 1. The van der Waals surface area contributed by atoms with Gasteiger partial charge >= 0.3 is 0 Å². The fourth-order valence-corrected chi connectivity index (χ4v) is 5.43. The van der Waals surface area contributed by atoms with Crippen LogP contribution in [0.15, 0.2) is 77.9 Å². The predicted octanol–water partition coefficient (Wildman–Crippen LogP) is 5.23. The first-order valence-corrected chi connectivity index (χ1v) is 12.3. The molecule has 5 aromatic rings. The number of aromatic nitrogens is 2. The van der Waals surface area contributed by atoms with E-state index in [2.05, 4.69) is 10.3 Å². The Hall–Kier alpha value is -3.97. The summed E-state index contributed by atoms with van der Waals surface area (Å²) in [6, 6.07) is 20.3. The lowest BCUT2D eigenvalue weighted by atomic mass is 9.92. The fraction of sp³-hybridized carbons (Fsp3) is 0.179. The van der Waals surface area contributed by atoms with Crippen molar-refractivity contribution in [3.63, 3.8) is 0 Å². The second kappa shape index (κ2) is 9.35. The maximum absolute atomic E-state index is 13.1. The van der Waals surface area contributed by atoms with Gasteiger partial charge in [-0.1, -0.05) is 60.7 Å². The molecule has 35 heavy (non-hydrogen) atoms. The van der Waals surface area contributed by atoms with Gasteiger partial charge in [0.1, 0.15) is 10.6 Å².